The van der Waals surface area contributed by atoms with Gasteiger partial charge in [0, 0.05) is 25.2 Å². The van der Waals surface area contributed by atoms with Crippen LogP contribution in [0.5, 0.6) is 0 Å². The van der Waals surface area contributed by atoms with Gasteiger partial charge in [-0.2, -0.15) is 0 Å². The van der Waals surface area contributed by atoms with Crippen LogP contribution in [0.3, 0.4) is 0 Å². The number of likely N-dealkylation sites (tertiary alicyclic amines) is 1. The molecule has 1 fully saturated rings. The van der Waals surface area contributed by atoms with Gasteiger partial charge in [0.15, 0.2) is 0 Å². The summed E-state index contributed by atoms with van der Waals surface area (Å²) in [4.78, 5) is 5.02. The number of fused-ring (bicyclic) bond motifs is 1. The van der Waals surface area contributed by atoms with Crippen LogP contribution in [0, 0.1) is 0 Å². The monoisotopic (exact) mass is 294 g/mol. The lowest BCUT2D eigenvalue weighted by molar-refractivity contribution is 0.219. The predicted molar refractivity (Wildman–Crippen MR) is 75.0 cm³/mol. The molecule has 92 valence electrons. The normalized spacial score (nSPS) is 32.7. The van der Waals surface area contributed by atoms with Crippen LogP contribution in [0.1, 0.15) is 19.3 Å². The van der Waals surface area contributed by atoms with E-state index in [0.29, 0.717) is 6.04 Å². The zero-order valence-corrected chi connectivity index (χ0v) is 11.9. The largest absolute Gasteiger partial charge is 0.368 e. The van der Waals surface area contributed by atoms with E-state index in [1.54, 1.807) is 0 Å². The Balaban J connectivity index is 1.68. The van der Waals surface area contributed by atoms with Crippen molar-refractivity contribution in [3.63, 3.8) is 0 Å². The van der Waals surface area contributed by atoms with Crippen LogP contribution in [0.4, 0.5) is 0 Å². The fourth-order valence-corrected chi connectivity index (χ4v) is 3.51. The molecular weight excluding hydrogens is 276 g/mol. The van der Waals surface area contributed by atoms with E-state index in [2.05, 4.69) is 57.2 Å². The van der Waals surface area contributed by atoms with Gasteiger partial charge < -0.3 is 9.80 Å². The maximum Gasteiger partial charge on any atom is 0.0583 e. The Morgan fingerprint density at radius 2 is 2.29 bits per heavy atom. The first-order chi connectivity index (χ1) is 8.24. The molecule has 0 aromatic heterocycles. The molecule has 0 aromatic carbocycles. The van der Waals surface area contributed by atoms with Gasteiger partial charge in [-0.25, -0.2) is 0 Å². The third kappa shape index (κ3) is 2.23. The Labute approximate surface area is 112 Å². The maximum absolute atomic E-state index is 3.63. The number of hydrogen-bond acceptors (Lipinski definition) is 2. The Kier molecular flexibility index (Phi) is 3.14. The van der Waals surface area contributed by atoms with Crippen LogP contribution in [-0.2, 0) is 0 Å². The van der Waals surface area contributed by atoms with Crippen LogP contribution in [0.15, 0.2) is 34.5 Å². The molecule has 0 amide bonds. The van der Waals surface area contributed by atoms with Crippen LogP contribution in [0.25, 0.3) is 0 Å². The molecule has 0 radical (unpaired) electrons. The van der Waals surface area contributed by atoms with Crippen molar-refractivity contribution in [1.82, 2.24) is 9.80 Å². The molecule has 0 aromatic rings. The lowest BCUT2D eigenvalue weighted by atomic mass is 10.00. The van der Waals surface area contributed by atoms with Gasteiger partial charge in [0.2, 0.25) is 0 Å². The molecule has 2 nitrogen and oxygen atoms in total. The van der Waals surface area contributed by atoms with Crippen molar-refractivity contribution in [2.75, 3.05) is 20.1 Å². The number of allylic oxidation sites excluding steroid dienone is 2. The van der Waals surface area contributed by atoms with Gasteiger partial charge in [-0.1, -0.05) is 28.1 Å². The standard InChI is InChI=1S/C14H19BrN2/c1-16-7-2-3-13(16)10-17-8-6-11-4-5-12(15)9-14(11)17/h4-6,8,13-14H,2-3,7,9-10H2,1H3/t13-,14?/m0/s1. The Morgan fingerprint density at radius 3 is 3.06 bits per heavy atom. The molecule has 3 heteroatoms. The minimum absolute atomic E-state index is 0.573. The van der Waals surface area contributed by atoms with E-state index < -0.39 is 0 Å². The van der Waals surface area contributed by atoms with Crippen molar-refractivity contribution in [3.8, 4) is 0 Å². The maximum atomic E-state index is 3.63. The lowest BCUT2D eigenvalue weighted by Crippen LogP contribution is -2.40. The van der Waals surface area contributed by atoms with Crippen LogP contribution >= 0.6 is 15.9 Å². The highest BCUT2D eigenvalue weighted by Gasteiger charge is 2.30. The highest BCUT2D eigenvalue weighted by molar-refractivity contribution is 9.11. The second-order valence-corrected chi connectivity index (χ2v) is 6.31. The van der Waals surface area contributed by atoms with Gasteiger partial charge >= 0.3 is 0 Å². The molecule has 2 heterocycles. The van der Waals surface area contributed by atoms with E-state index in [4.69, 9.17) is 0 Å². The highest BCUT2D eigenvalue weighted by atomic mass is 79.9. The topological polar surface area (TPSA) is 6.48 Å². The predicted octanol–water partition coefficient (Wildman–Crippen LogP) is 2.89. The Bertz CT molecular complexity index is 397. The summed E-state index contributed by atoms with van der Waals surface area (Å²) in [6, 6.07) is 1.31. The smallest absolute Gasteiger partial charge is 0.0583 e. The molecule has 17 heavy (non-hydrogen) atoms. The summed E-state index contributed by atoms with van der Waals surface area (Å²) < 4.78 is 1.32. The summed E-state index contributed by atoms with van der Waals surface area (Å²) in [5.41, 5.74) is 1.47. The van der Waals surface area contributed by atoms with Crippen LogP contribution in [0.2, 0.25) is 0 Å². The van der Waals surface area contributed by atoms with Crippen molar-refractivity contribution in [2.45, 2.75) is 31.3 Å². The molecule has 1 unspecified atom stereocenters. The van der Waals surface area contributed by atoms with Gasteiger partial charge in [-0.3, -0.25) is 0 Å². The number of rotatable bonds is 2. The summed E-state index contributed by atoms with van der Waals surface area (Å²) in [5, 5.41) is 0. The first kappa shape index (κ1) is 11.5. The minimum atomic E-state index is 0.573. The quantitative estimate of drug-likeness (QED) is 0.773. The van der Waals surface area contributed by atoms with Crippen molar-refractivity contribution >= 4 is 15.9 Å². The van der Waals surface area contributed by atoms with E-state index in [9.17, 15) is 0 Å². The van der Waals surface area contributed by atoms with Crippen molar-refractivity contribution in [1.29, 1.82) is 0 Å². The molecular formula is C14H19BrN2. The second kappa shape index (κ2) is 4.62. The van der Waals surface area contributed by atoms with Crippen LogP contribution < -0.4 is 0 Å². The zero-order chi connectivity index (χ0) is 11.8. The molecule has 0 N–H and O–H groups in total. The molecule has 0 bridgehead atoms. The first-order valence-electron chi connectivity index (χ1n) is 6.44. The van der Waals surface area contributed by atoms with E-state index in [1.165, 1.54) is 36.0 Å². The third-order valence-corrected chi connectivity index (χ3v) is 4.77. The van der Waals surface area contributed by atoms with Gasteiger partial charge in [-0.15, -0.1) is 0 Å². The van der Waals surface area contributed by atoms with Gasteiger partial charge in [0.25, 0.3) is 0 Å². The molecule has 1 aliphatic carbocycles. The molecule has 0 saturated carbocycles. The number of likely N-dealkylation sites (N-methyl/N-ethyl adjacent to an activating group) is 1. The van der Waals surface area contributed by atoms with Gasteiger partial charge in [-0.05, 0) is 42.6 Å². The Morgan fingerprint density at radius 1 is 1.41 bits per heavy atom. The van der Waals surface area contributed by atoms with Crippen molar-refractivity contribution < 1.29 is 0 Å². The van der Waals surface area contributed by atoms with Gasteiger partial charge in [0.1, 0.15) is 0 Å². The molecule has 0 spiro atoms. The Hall–Kier alpha value is -0.540. The zero-order valence-electron chi connectivity index (χ0n) is 10.3. The summed E-state index contributed by atoms with van der Waals surface area (Å²) in [6.45, 7) is 2.44. The summed E-state index contributed by atoms with van der Waals surface area (Å²) in [5.74, 6) is 0. The highest BCUT2D eigenvalue weighted by Crippen LogP contribution is 2.33. The van der Waals surface area contributed by atoms with Gasteiger partial charge in [0.05, 0.1) is 6.04 Å². The SMILES string of the molecule is CN1CCC[C@H]1CN1C=CC2=CC=C(Br)CC21. The van der Waals surface area contributed by atoms with E-state index in [0.717, 1.165) is 12.5 Å². The molecule has 1 saturated heterocycles. The van der Waals surface area contributed by atoms with E-state index in [-0.39, 0.29) is 0 Å². The van der Waals surface area contributed by atoms with Crippen LogP contribution in [-0.4, -0.2) is 42.0 Å². The van der Waals surface area contributed by atoms with E-state index in [1.807, 2.05) is 0 Å². The number of nitrogens with zero attached hydrogens (tertiary/aromatic N) is 2. The second-order valence-electron chi connectivity index (χ2n) is 5.29. The molecule has 3 rings (SSSR count). The fourth-order valence-electron chi connectivity index (χ4n) is 3.07. The molecule has 2 aliphatic heterocycles. The average Bonchev–Trinajstić information content (AvgIpc) is 2.88. The van der Waals surface area contributed by atoms with Crippen molar-refractivity contribution in [2.24, 2.45) is 0 Å². The fraction of sp³-hybridized carbons (Fsp3) is 0.571. The summed E-state index contributed by atoms with van der Waals surface area (Å²) in [7, 11) is 2.25. The minimum Gasteiger partial charge on any atom is -0.368 e. The first-order valence-corrected chi connectivity index (χ1v) is 7.24. The summed E-state index contributed by atoms with van der Waals surface area (Å²) >= 11 is 3.63. The number of hydrogen-bond donors (Lipinski definition) is 0. The molecule has 3 aliphatic rings. The summed E-state index contributed by atoms with van der Waals surface area (Å²) in [6.07, 6.45) is 12.8. The average molecular weight is 295 g/mol. The van der Waals surface area contributed by atoms with Crippen molar-refractivity contribution in [3.05, 3.63) is 34.5 Å². The lowest BCUT2D eigenvalue weighted by Gasteiger charge is -2.32. The number of halogens is 1. The molecule has 2 atom stereocenters. The third-order valence-electron chi connectivity index (χ3n) is 4.18. The van der Waals surface area contributed by atoms with E-state index >= 15 is 0 Å².